The summed E-state index contributed by atoms with van der Waals surface area (Å²) in [5, 5.41) is 8.86. The highest BCUT2D eigenvalue weighted by molar-refractivity contribution is 5.73. The van der Waals surface area contributed by atoms with E-state index in [2.05, 4.69) is 15.2 Å². The summed E-state index contributed by atoms with van der Waals surface area (Å²) in [5.41, 5.74) is 1.63. The van der Waals surface area contributed by atoms with Gasteiger partial charge in [0.2, 0.25) is 0 Å². The Bertz CT molecular complexity index is 384. The smallest absolute Gasteiger partial charge is 0.181 e. The van der Waals surface area contributed by atoms with E-state index in [1.165, 1.54) is 0 Å². The molecule has 2 aromatic rings. The molecule has 3 heteroatoms. The first-order valence-electron chi connectivity index (χ1n) is 3.41. The summed E-state index contributed by atoms with van der Waals surface area (Å²) >= 11 is 0. The Balaban J connectivity index is 2.83. The lowest BCUT2D eigenvalue weighted by molar-refractivity contribution is 1.00. The molecule has 0 unspecified atom stereocenters. The number of hydrogen-bond donors (Lipinski definition) is 0. The van der Waals surface area contributed by atoms with Crippen LogP contribution in [-0.2, 0) is 0 Å². The van der Waals surface area contributed by atoms with Crippen molar-refractivity contribution in [3.8, 4) is 0 Å². The van der Waals surface area contributed by atoms with Crippen LogP contribution in [0.4, 0.5) is 0 Å². The number of rotatable bonds is 0. The Kier molecular flexibility index (Phi) is 1.28. The molecule has 0 fully saturated rings. The van der Waals surface area contributed by atoms with Crippen molar-refractivity contribution in [1.82, 2.24) is 15.2 Å². The topological polar surface area (TPSA) is 38.7 Å². The van der Waals surface area contributed by atoms with Crippen molar-refractivity contribution in [2.75, 3.05) is 0 Å². The molecule has 11 heavy (non-hydrogen) atoms. The molecule has 0 aromatic carbocycles. The number of fused-ring (bicyclic) bond motifs is 1. The average Bonchev–Trinajstić information content (AvgIpc) is 2.04. The second-order valence-electron chi connectivity index (χ2n) is 2.40. The van der Waals surface area contributed by atoms with Crippen molar-refractivity contribution in [1.29, 1.82) is 0 Å². The lowest BCUT2D eigenvalue weighted by Crippen LogP contribution is -1.88. The molecule has 2 rings (SSSR count). The predicted octanol–water partition coefficient (Wildman–Crippen LogP) is 1.33. The van der Waals surface area contributed by atoms with Gasteiger partial charge in [0.25, 0.3) is 0 Å². The summed E-state index contributed by atoms with van der Waals surface area (Å²) in [6.45, 7) is 1.92. The van der Waals surface area contributed by atoms with Crippen LogP contribution in [0.2, 0.25) is 0 Å². The lowest BCUT2D eigenvalue weighted by atomic mass is 10.3. The van der Waals surface area contributed by atoms with Gasteiger partial charge >= 0.3 is 0 Å². The van der Waals surface area contributed by atoms with Gasteiger partial charge < -0.3 is 0 Å². The van der Waals surface area contributed by atoms with E-state index in [4.69, 9.17) is 0 Å². The first kappa shape index (κ1) is 6.22. The first-order chi connectivity index (χ1) is 5.36. The van der Waals surface area contributed by atoms with Crippen LogP contribution in [-0.4, -0.2) is 15.2 Å². The molecular formula is C8H7N3. The SMILES string of the molecule is Cc1cc2cccnc2nn1. The maximum Gasteiger partial charge on any atom is 0.181 e. The molecule has 0 aliphatic carbocycles. The number of aromatic nitrogens is 3. The number of hydrogen-bond acceptors (Lipinski definition) is 3. The van der Waals surface area contributed by atoms with Crippen molar-refractivity contribution >= 4 is 11.0 Å². The zero-order valence-corrected chi connectivity index (χ0v) is 6.15. The van der Waals surface area contributed by atoms with Crippen molar-refractivity contribution in [2.24, 2.45) is 0 Å². The fourth-order valence-electron chi connectivity index (χ4n) is 0.986. The zero-order chi connectivity index (χ0) is 7.68. The van der Waals surface area contributed by atoms with Gasteiger partial charge in [-0.15, -0.1) is 5.10 Å². The van der Waals surface area contributed by atoms with E-state index in [1.807, 2.05) is 25.1 Å². The fraction of sp³-hybridized carbons (Fsp3) is 0.125. The van der Waals surface area contributed by atoms with E-state index >= 15 is 0 Å². The van der Waals surface area contributed by atoms with Crippen LogP contribution >= 0.6 is 0 Å². The minimum absolute atomic E-state index is 0.707. The second-order valence-corrected chi connectivity index (χ2v) is 2.40. The molecule has 0 atom stereocenters. The second kappa shape index (κ2) is 2.27. The molecule has 0 bridgehead atoms. The number of nitrogens with zero attached hydrogens (tertiary/aromatic N) is 3. The zero-order valence-electron chi connectivity index (χ0n) is 6.15. The van der Waals surface area contributed by atoms with Crippen molar-refractivity contribution in [2.45, 2.75) is 6.92 Å². The Morgan fingerprint density at radius 3 is 3.09 bits per heavy atom. The average molecular weight is 145 g/mol. The van der Waals surface area contributed by atoms with Gasteiger partial charge in [-0.1, -0.05) is 0 Å². The molecule has 0 aliphatic rings. The molecule has 0 amide bonds. The number of aryl methyl sites for hydroxylation is 1. The standard InChI is InChI=1S/C8H7N3/c1-6-5-7-3-2-4-9-8(7)11-10-6/h2-5H,1H3. The third-order valence-electron chi connectivity index (χ3n) is 1.48. The lowest BCUT2D eigenvalue weighted by Gasteiger charge is -1.93. The Labute approximate surface area is 64.1 Å². The Morgan fingerprint density at radius 2 is 2.18 bits per heavy atom. The Morgan fingerprint density at radius 1 is 1.27 bits per heavy atom. The molecule has 0 radical (unpaired) electrons. The molecule has 0 aliphatic heterocycles. The minimum Gasteiger partial charge on any atom is -0.235 e. The van der Waals surface area contributed by atoms with Gasteiger partial charge in [0.05, 0.1) is 5.69 Å². The normalized spacial score (nSPS) is 10.3. The molecule has 3 nitrogen and oxygen atoms in total. The van der Waals surface area contributed by atoms with E-state index in [0.29, 0.717) is 5.65 Å². The van der Waals surface area contributed by atoms with Gasteiger partial charge in [-0.05, 0) is 25.1 Å². The van der Waals surface area contributed by atoms with Gasteiger partial charge in [-0.2, -0.15) is 5.10 Å². The van der Waals surface area contributed by atoms with Crippen molar-refractivity contribution < 1.29 is 0 Å². The van der Waals surface area contributed by atoms with E-state index < -0.39 is 0 Å². The maximum atomic E-state index is 4.05. The van der Waals surface area contributed by atoms with Crippen LogP contribution in [0.1, 0.15) is 5.69 Å². The number of pyridine rings is 1. The predicted molar refractivity (Wildman–Crippen MR) is 42.1 cm³/mol. The monoisotopic (exact) mass is 145 g/mol. The fourth-order valence-corrected chi connectivity index (χ4v) is 0.986. The summed E-state index contributed by atoms with van der Waals surface area (Å²) in [4.78, 5) is 4.05. The summed E-state index contributed by atoms with van der Waals surface area (Å²) in [5.74, 6) is 0. The largest absolute Gasteiger partial charge is 0.235 e. The van der Waals surface area contributed by atoms with E-state index in [0.717, 1.165) is 11.1 Å². The third kappa shape index (κ3) is 1.05. The van der Waals surface area contributed by atoms with E-state index in [-0.39, 0.29) is 0 Å². The van der Waals surface area contributed by atoms with Crippen LogP contribution < -0.4 is 0 Å². The molecule has 0 spiro atoms. The quantitative estimate of drug-likeness (QED) is 0.561. The molecule has 54 valence electrons. The minimum atomic E-state index is 0.707. The summed E-state index contributed by atoms with van der Waals surface area (Å²) < 4.78 is 0. The van der Waals surface area contributed by atoms with Crippen LogP contribution in [0.3, 0.4) is 0 Å². The van der Waals surface area contributed by atoms with Crippen molar-refractivity contribution in [3.63, 3.8) is 0 Å². The van der Waals surface area contributed by atoms with E-state index in [9.17, 15) is 0 Å². The van der Waals surface area contributed by atoms with Crippen LogP contribution in [0.15, 0.2) is 24.4 Å². The molecule has 0 saturated heterocycles. The highest BCUT2D eigenvalue weighted by Crippen LogP contribution is 2.06. The summed E-state index contributed by atoms with van der Waals surface area (Å²) in [6.07, 6.45) is 1.71. The summed E-state index contributed by atoms with van der Waals surface area (Å²) in [6, 6.07) is 5.84. The molecule has 2 aromatic heterocycles. The highest BCUT2D eigenvalue weighted by atomic mass is 15.1. The first-order valence-corrected chi connectivity index (χ1v) is 3.41. The van der Waals surface area contributed by atoms with Gasteiger partial charge in [-0.3, -0.25) is 0 Å². The van der Waals surface area contributed by atoms with Crippen LogP contribution in [0.25, 0.3) is 11.0 Å². The summed E-state index contributed by atoms with van der Waals surface area (Å²) in [7, 11) is 0. The van der Waals surface area contributed by atoms with Crippen molar-refractivity contribution in [3.05, 3.63) is 30.1 Å². The van der Waals surface area contributed by atoms with Gasteiger partial charge in [0, 0.05) is 11.6 Å². The molecule has 2 heterocycles. The molecule has 0 saturated carbocycles. The highest BCUT2D eigenvalue weighted by Gasteiger charge is 1.93. The third-order valence-corrected chi connectivity index (χ3v) is 1.48. The molecular weight excluding hydrogens is 138 g/mol. The molecule has 0 N–H and O–H groups in total. The maximum absolute atomic E-state index is 4.05. The Hall–Kier alpha value is -1.51. The van der Waals surface area contributed by atoms with Gasteiger partial charge in [-0.25, -0.2) is 4.98 Å². The van der Waals surface area contributed by atoms with Gasteiger partial charge in [0.1, 0.15) is 0 Å². The van der Waals surface area contributed by atoms with Crippen LogP contribution in [0, 0.1) is 6.92 Å². The van der Waals surface area contributed by atoms with E-state index in [1.54, 1.807) is 6.20 Å². The van der Waals surface area contributed by atoms with Crippen LogP contribution in [0.5, 0.6) is 0 Å². The van der Waals surface area contributed by atoms with Gasteiger partial charge in [0.15, 0.2) is 5.65 Å².